The highest BCUT2D eigenvalue weighted by Crippen LogP contribution is 2.36. The Morgan fingerprint density at radius 3 is 2.96 bits per heavy atom. The lowest BCUT2D eigenvalue weighted by atomic mass is 10.0. The maximum atomic E-state index is 13.8. The Morgan fingerprint density at radius 2 is 2.19 bits per heavy atom. The van der Waals surface area contributed by atoms with Crippen LogP contribution in [-0.4, -0.2) is 52.7 Å². The van der Waals surface area contributed by atoms with Crippen LogP contribution in [-0.2, 0) is 4.79 Å². The van der Waals surface area contributed by atoms with Crippen LogP contribution in [0.3, 0.4) is 0 Å². The Bertz CT molecular complexity index is 1060. The van der Waals surface area contributed by atoms with E-state index in [9.17, 15) is 9.18 Å². The van der Waals surface area contributed by atoms with Crippen molar-refractivity contribution in [1.29, 1.82) is 0 Å². The number of carboxylic acid groups (broad SMARTS) is 1. The summed E-state index contributed by atoms with van der Waals surface area (Å²) in [6.45, 7) is 1.15. The molecule has 0 radical (unpaired) electrons. The van der Waals surface area contributed by atoms with E-state index in [4.69, 9.17) is 9.84 Å². The Balaban J connectivity index is 1.74. The molecule has 2 N–H and O–H groups in total. The van der Waals surface area contributed by atoms with Gasteiger partial charge in [-0.2, -0.15) is 0 Å². The zero-order chi connectivity index (χ0) is 19.0. The number of nitrogens with zero attached hydrogens (tertiary/aromatic N) is 2. The molecule has 0 fully saturated rings. The molecule has 0 saturated heterocycles. The van der Waals surface area contributed by atoms with Gasteiger partial charge in [-0.05, 0) is 41.5 Å². The number of pyridine rings is 1. The standard InChI is InChI=1S/C20H18FN3O3/c1-27-18-3-2-13(21)8-15(18)14-4-6-22-20-16(14)9-17(23-20)12-5-7-24(10-12)11-19(25)26/h2-6,8-9H,7,10-11H2,1H3,(H,22,23)(H,25,26). The summed E-state index contributed by atoms with van der Waals surface area (Å²) >= 11 is 0. The van der Waals surface area contributed by atoms with Crippen LogP contribution in [0, 0.1) is 5.82 Å². The van der Waals surface area contributed by atoms with Crippen molar-refractivity contribution in [3.63, 3.8) is 0 Å². The SMILES string of the molecule is COc1ccc(F)cc1-c1ccnc2[nH]c(C3=CCN(CC(=O)O)C3)cc12. The summed E-state index contributed by atoms with van der Waals surface area (Å²) in [5.74, 6) is -0.600. The van der Waals surface area contributed by atoms with Crippen molar-refractivity contribution in [1.82, 2.24) is 14.9 Å². The van der Waals surface area contributed by atoms with Crippen molar-refractivity contribution in [2.75, 3.05) is 26.7 Å². The molecule has 1 aliphatic heterocycles. The van der Waals surface area contributed by atoms with Crippen LogP contribution in [0.5, 0.6) is 5.75 Å². The third kappa shape index (κ3) is 3.29. The molecular weight excluding hydrogens is 349 g/mol. The van der Waals surface area contributed by atoms with Crippen molar-refractivity contribution in [3.8, 4) is 16.9 Å². The first-order valence-corrected chi connectivity index (χ1v) is 8.50. The number of ether oxygens (including phenoxy) is 1. The van der Waals surface area contributed by atoms with Gasteiger partial charge in [0.25, 0.3) is 0 Å². The lowest BCUT2D eigenvalue weighted by Crippen LogP contribution is -2.27. The number of benzene rings is 1. The van der Waals surface area contributed by atoms with Crippen LogP contribution in [0.1, 0.15) is 5.69 Å². The Kier molecular flexibility index (Phi) is 4.37. The summed E-state index contributed by atoms with van der Waals surface area (Å²) in [6, 6.07) is 8.22. The normalized spacial score (nSPS) is 14.5. The van der Waals surface area contributed by atoms with Gasteiger partial charge in [0.15, 0.2) is 0 Å². The summed E-state index contributed by atoms with van der Waals surface area (Å²) in [7, 11) is 1.55. The number of hydrogen-bond donors (Lipinski definition) is 2. The van der Waals surface area contributed by atoms with Crippen molar-refractivity contribution in [3.05, 3.63) is 54.1 Å². The molecule has 0 spiro atoms. The summed E-state index contributed by atoms with van der Waals surface area (Å²) in [5.41, 5.74) is 4.06. The van der Waals surface area contributed by atoms with Crippen LogP contribution >= 0.6 is 0 Å². The molecule has 7 heteroatoms. The zero-order valence-corrected chi connectivity index (χ0v) is 14.7. The fourth-order valence-electron chi connectivity index (χ4n) is 3.44. The van der Waals surface area contributed by atoms with Crippen LogP contribution in [0.4, 0.5) is 4.39 Å². The molecule has 1 aliphatic rings. The lowest BCUT2D eigenvalue weighted by Gasteiger charge is -2.11. The number of hydrogen-bond acceptors (Lipinski definition) is 4. The molecular formula is C20H18FN3O3. The number of carboxylic acids is 1. The number of aromatic amines is 1. The largest absolute Gasteiger partial charge is 0.496 e. The van der Waals surface area contributed by atoms with Crippen LogP contribution in [0.15, 0.2) is 42.6 Å². The van der Waals surface area contributed by atoms with E-state index in [1.54, 1.807) is 19.4 Å². The average Bonchev–Trinajstić information content (AvgIpc) is 3.27. The van der Waals surface area contributed by atoms with Crippen LogP contribution < -0.4 is 4.74 Å². The molecule has 0 atom stereocenters. The molecule has 27 heavy (non-hydrogen) atoms. The minimum absolute atomic E-state index is 0.00419. The summed E-state index contributed by atoms with van der Waals surface area (Å²) in [5, 5.41) is 9.81. The molecule has 4 rings (SSSR count). The van der Waals surface area contributed by atoms with Gasteiger partial charge in [0.1, 0.15) is 17.2 Å². The van der Waals surface area contributed by atoms with Gasteiger partial charge in [0, 0.05) is 35.9 Å². The van der Waals surface area contributed by atoms with Crippen molar-refractivity contribution in [2.45, 2.75) is 0 Å². The van der Waals surface area contributed by atoms with Gasteiger partial charge in [-0.15, -0.1) is 0 Å². The third-order valence-electron chi connectivity index (χ3n) is 4.68. The molecule has 6 nitrogen and oxygen atoms in total. The second-order valence-corrected chi connectivity index (χ2v) is 6.44. The van der Waals surface area contributed by atoms with Crippen molar-refractivity contribution >= 4 is 22.6 Å². The number of rotatable bonds is 5. The summed E-state index contributed by atoms with van der Waals surface area (Å²) in [4.78, 5) is 20.4. The average molecular weight is 367 g/mol. The maximum absolute atomic E-state index is 13.8. The number of methoxy groups -OCH3 is 1. The highest BCUT2D eigenvalue weighted by atomic mass is 19.1. The molecule has 0 unspecified atom stereocenters. The zero-order valence-electron chi connectivity index (χ0n) is 14.7. The molecule has 138 valence electrons. The smallest absolute Gasteiger partial charge is 0.317 e. The summed E-state index contributed by atoms with van der Waals surface area (Å²) in [6.07, 6.45) is 3.68. The number of halogens is 1. The van der Waals surface area contributed by atoms with Crippen molar-refractivity contribution in [2.24, 2.45) is 0 Å². The molecule has 0 saturated carbocycles. The molecule has 2 aromatic heterocycles. The number of nitrogens with one attached hydrogen (secondary N) is 1. The van der Waals surface area contributed by atoms with E-state index in [0.29, 0.717) is 30.0 Å². The first-order chi connectivity index (χ1) is 13.0. The van der Waals surface area contributed by atoms with Crippen LogP contribution in [0.25, 0.3) is 27.7 Å². The first-order valence-electron chi connectivity index (χ1n) is 8.50. The predicted octanol–water partition coefficient (Wildman–Crippen LogP) is 3.16. The number of aromatic nitrogens is 2. The minimum atomic E-state index is -0.844. The third-order valence-corrected chi connectivity index (χ3v) is 4.68. The molecule has 1 aromatic carbocycles. The van der Waals surface area contributed by atoms with Gasteiger partial charge in [0.05, 0.1) is 13.7 Å². The van der Waals surface area contributed by atoms with Crippen LogP contribution in [0.2, 0.25) is 0 Å². The predicted molar refractivity (Wildman–Crippen MR) is 100 cm³/mol. The molecule has 0 aliphatic carbocycles. The lowest BCUT2D eigenvalue weighted by molar-refractivity contribution is -0.137. The van der Waals surface area contributed by atoms with E-state index in [-0.39, 0.29) is 12.4 Å². The minimum Gasteiger partial charge on any atom is -0.496 e. The highest BCUT2D eigenvalue weighted by Gasteiger charge is 2.20. The number of fused-ring (bicyclic) bond motifs is 1. The van der Waals surface area contributed by atoms with Gasteiger partial charge in [-0.1, -0.05) is 6.08 Å². The van der Waals surface area contributed by atoms with E-state index in [1.807, 2.05) is 23.1 Å². The fraction of sp³-hybridized carbons (Fsp3) is 0.200. The number of carbonyl (C=O) groups is 1. The summed E-state index contributed by atoms with van der Waals surface area (Å²) < 4.78 is 19.2. The second-order valence-electron chi connectivity index (χ2n) is 6.44. The molecule has 3 aromatic rings. The van der Waals surface area contributed by atoms with E-state index in [2.05, 4.69) is 9.97 Å². The quantitative estimate of drug-likeness (QED) is 0.724. The molecule has 3 heterocycles. The van der Waals surface area contributed by atoms with Crippen molar-refractivity contribution < 1.29 is 19.0 Å². The Morgan fingerprint density at radius 1 is 1.33 bits per heavy atom. The topological polar surface area (TPSA) is 78.5 Å². The monoisotopic (exact) mass is 367 g/mol. The van der Waals surface area contributed by atoms with E-state index < -0.39 is 5.97 Å². The van der Waals surface area contributed by atoms with E-state index >= 15 is 0 Å². The number of H-pyrrole nitrogens is 1. The molecule has 0 bridgehead atoms. The van der Waals surface area contributed by atoms with Gasteiger partial charge < -0.3 is 14.8 Å². The Hall–Kier alpha value is -3.19. The first kappa shape index (κ1) is 17.2. The number of aliphatic carboxylic acids is 1. The van der Waals surface area contributed by atoms with Gasteiger partial charge >= 0.3 is 5.97 Å². The van der Waals surface area contributed by atoms with Gasteiger partial charge in [0.2, 0.25) is 0 Å². The highest BCUT2D eigenvalue weighted by molar-refractivity contribution is 5.97. The second kappa shape index (κ2) is 6.85. The van der Waals surface area contributed by atoms with Gasteiger partial charge in [-0.3, -0.25) is 9.69 Å². The molecule has 0 amide bonds. The fourth-order valence-corrected chi connectivity index (χ4v) is 3.44. The maximum Gasteiger partial charge on any atom is 0.317 e. The van der Waals surface area contributed by atoms with E-state index in [0.717, 1.165) is 22.2 Å². The van der Waals surface area contributed by atoms with Gasteiger partial charge in [-0.25, -0.2) is 9.37 Å². The van der Waals surface area contributed by atoms with E-state index in [1.165, 1.54) is 12.1 Å². The Labute approximate surface area is 154 Å².